The topological polar surface area (TPSA) is 72.9 Å². The van der Waals surface area contributed by atoms with E-state index in [4.69, 9.17) is 5.73 Å². The summed E-state index contributed by atoms with van der Waals surface area (Å²) in [5, 5.41) is 11.8. The highest BCUT2D eigenvalue weighted by molar-refractivity contribution is 4.88. The minimum Gasteiger partial charge on any atom is -0.329 e. The number of rotatable bonds is 3. The van der Waals surface area contributed by atoms with Crippen molar-refractivity contribution in [2.75, 3.05) is 13.1 Å². The van der Waals surface area contributed by atoms with Crippen molar-refractivity contribution >= 4 is 0 Å². The van der Waals surface area contributed by atoms with E-state index < -0.39 is 0 Å². The van der Waals surface area contributed by atoms with E-state index in [0.29, 0.717) is 6.04 Å². The zero-order valence-corrected chi connectivity index (χ0v) is 7.72. The second-order valence-electron chi connectivity index (χ2n) is 3.34. The third-order valence-electron chi connectivity index (χ3n) is 2.43. The van der Waals surface area contributed by atoms with Gasteiger partial charge in [0, 0.05) is 19.1 Å². The first-order chi connectivity index (χ1) is 6.29. The number of tetrazole rings is 1. The van der Waals surface area contributed by atoms with Crippen molar-refractivity contribution in [2.45, 2.75) is 19.0 Å². The van der Waals surface area contributed by atoms with Crippen LogP contribution in [0.4, 0.5) is 0 Å². The molecule has 13 heavy (non-hydrogen) atoms. The highest BCUT2D eigenvalue weighted by Gasteiger charge is 2.27. The van der Waals surface area contributed by atoms with Gasteiger partial charge in [-0.3, -0.25) is 4.90 Å². The summed E-state index contributed by atoms with van der Waals surface area (Å²) in [5.41, 5.74) is 5.58. The largest absolute Gasteiger partial charge is 0.329 e. The quantitative estimate of drug-likeness (QED) is 0.632. The molecule has 0 aromatic carbocycles. The van der Waals surface area contributed by atoms with Gasteiger partial charge in [-0.2, -0.15) is 4.80 Å². The van der Waals surface area contributed by atoms with E-state index in [-0.39, 0.29) is 0 Å². The Balaban J connectivity index is 1.91. The van der Waals surface area contributed by atoms with E-state index in [1.165, 1.54) is 11.2 Å². The van der Waals surface area contributed by atoms with E-state index in [0.717, 1.165) is 25.5 Å². The Morgan fingerprint density at radius 3 is 2.92 bits per heavy atom. The maximum absolute atomic E-state index is 5.58. The zero-order valence-electron chi connectivity index (χ0n) is 7.72. The zero-order chi connectivity index (χ0) is 9.26. The second kappa shape index (κ2) is 3.39. The first kappa shape index (κ1) is 8.58. The standard InChI is InChI=1S/C7H14N6/c1-12-10-7(9-11-12)5-13-3-2-6(13)4-8/h6H,2-5,8H2,1H3. The molecule has 1 aliphatic heterocycles. The predicted molar refractivity (Wildman–Crippen MR) is 46.7 cm³/mol. The minimum atomic E-state index is 0.517. The van der Waals surface area contributed by atoms with Crippen LogP contribution in [-0.4, -0.2) is 44.2 Å². The van der Waals surface area contributed by atoms with Gasteiger partial charge < -0.3 is 5.73 Å². The molecule has 0 aliphatic carbocycles. The van der Waals surface area contributed by atoms with Gasteiger partial charge in [0.1, 0.15) is 0 Å². The Labute approximate surface area is 76.7 Å². The summed E-state index contributed by atoms with van der Waals surface area (Å²) >= 11 is 0. The lowest BCUT2D eigenvalue weighted by atomic mass is 10.0. The van der Waals surface area contributed by atoms with Crippen LogP contribution in [-0.2, 0) is 13.6 Å². The fourth-order valence-corrected chi connectivity index (χ4v) is 1.54. The summed E-state index contributed by atoms with van der Waals surface area (Å²) < 4.78 is 0. The molecule has 1 aromatic heterocycles. The van der Waals surface area contributed by atoms with E-state index in [9.17, 15) is 0 Å². The summed E-state index contributed by atoms with van der Waals surface area (Å²) in [6, 6.07) is 0.517. The highest BCUT2D eigenvalue weighted by atomic mass is 15.6. The predicted octanol–water partition coefficient (Wildman–Crippen LogP) is -1.26. The van der Waals surface area contributed by atoms with Gasteiger partial charge in [0.25, 0.3) is 0 Å². The van der Waals surface area contributed by atoms with Gasteiger partial charge in [-0.05, 0) is 11.6 Å². The third kappa shape index (κ3) is 1.68. The number of nitrogens with zero attached hydrogens (tertiary/aromatic N) is 5. The van der Waals surface area contributed by atoms with Gasteiger partial charge in [0.05, 0.1) is 13.6 Å². The van der Waals surface area contributed by atoms with Crippen LogP contribution in [0.1, 0.15) is 12.2 Å². The molecule has 6 nitrogen and oxygen atoms in total. The Hall–Kier alpha value is -1.01. The van der Waals surface area contributed by atoms with Crippen molar-refractivity contribution in [3.8, 4) is 0 Å². The molecule has 1 fully saturated rings. The third-order valence-corrected chi connectivity index (χ3v) is 2.43. The number of hydrogen-bond acceptors (Lipinski definition) is 5. The first-order valence-electron chi connectivity index (χ1n) is 4.46. The molecule has 2 heterocycles. The molecule has 2 rings (SSSR count). The lowest BCUT2D eigenvalue weighted by Crippen LogP contribution is -2.51. The second-order valence-corrected chi connectivity index (χ2v) is 3.34. The number of likely N-dealkylation sites (tertiary alicyclic amines) is 1. The van der Waals surface area contributed by atoms with Crippen LogP contribution in [0.25, 0.3) is 0 Å². The van der Waals surface area contributed by atoms with E-state index in [2.05, 4.69) is 20.3 Å². The molecule has 0 saturated carbocycles. The molecule has 0 spiro atoms. The number of aryl methyl sites for hydroxylation is 1. The normalized spacial score (nSPS) is 23.1. The maximum atomic E-state index is 5.58. The molecule has 1 aliphatic rings. The Morgan fingerprint density at radius 1 is 1.62 bits per heavy atom. The molecular weight excluding hydrogens is 168 g/mol. The molecule has 0 bridgehead atoms. The summed E-state index contributed by atoms with van der Waals surface area (Å²) in [4.78, 5) is 3.75. The van der Waals surface area contributed by atoms with Crippen molar-refractivity contribution in [1.82, 2.24) is 25.1 Å². The van der Waals surface area contributed by atoms with Crippen molar-refractivity contribution in [1.29, 1.82) is 0 Å². The SMILES string of the molecule is Cn1nnc(CN2CCC2CN)n1. The van der Waals surface area contributed by atoms with Gasteiger partial charge in [-0.1, -0.05) is 0 Å². The monoisotopic (exact) mass is 182 g/mol. The fourth-order valence-electron chi connectivity index (χ4n) is 1.54. The molecule has 0 radical (unpaired) electrons. The molecule has 1 aromatic rings. The Bertz CT molecular complexity index is 280. The van der Waals surface area contributed by atoms with Crippen LogP contribution in [0.5, 0.6) is 0 Å². The molecule has 1 unspecified atom stereocenters. The fraction of sp³-hybridized carbons (Fsp3) is 0.857. The minimum absolute atomic E-state index is 0.517. The van der Waals surface area contributed by atoms with Crippen LogP contribution < -0.4 is 5.73 Å². The maximum Gasteiger partial charge on any atom is 0.188 e. The summed E-state index contributed by atoms with van der Waals surface area (Å²) in [5.74, 6) is 0.778. The van der Waals surface area contributed by atoms with Crippen LogP contribution in [0, 0.1) is 0 Å². The van der Waals surface area contributed by atoms with Crippen LogP contribution in [0.2, 0.25) is 0 Å². The van der Waals surface area contributed by atoms with Gasteiger partial charge in [-0.15, -0.1) is 10.2 Å². The van der Waals surface area contributed by atoms with Crippen molar-refractivity contribution < 1.29 is 0 Å². The number of aromatic nitrogens is 4. The molecule has 6 heteroatoms. The number of nitrogens with two attached hydrogens (primary N) is 1. The van der Waals surface area contributed by atoms with Gasteiger partial charge in [-0.25, -0.2) is 0 Å². The smallest absolute Gasteiger partial charge is 0.188 e. The van der Waals surface area contributed by atoms with Crippen molar-refractivity contribution in [3.63, 3.8) is 0 Å². The van der Waals surface area contributed by atoms with Crippen LogP contribution in [0.15, 0.2) is 0 Å². The highest BCUT2D eigenvalue weighted by Crippen LogP contribution is 2.17. The first-order valence-corrected chi connectivity index (χ1v) is 4.46. The van der Waals surface area contributed by atoms with Crippen LogP contribution in [0.3, 0.4) is 0 Å². The summed E-state index contributed by atoms with van der Waals surface area (Å²) in [6.07, 6.45) is 1.19. The van der Waals surface area contributed by atoms with Gasteiger partial charge in [0.2, 0.25) is 0 Å². The molecule has 2 N–H and O–H groups in total. The van der Waals surface area contributed by atoms with Crippen molar-refractivity contribution in [3.05, 3.63) is 5.82 Å². The number of hydrogen-bond donors (Lipinski definition) is 1. The Kier molecular flexibility index (Phi) is 2.24. The molecular formula is C7H14N6. The Morgan fingerprint density at radius 2 is 2.46 bits per heavy atom. The average Bonchev–Trinajstić information content (AvgIpc) is 2.46. The van der Waals surface area contributed by atoms with Gasteiger partial charge in [0.15, 0.2) is 5.82 Å². The van der Waals surface area contributed by atoms with E-state index >= 15 is 0 Å². The van der Waals surface area contributed by atoms with Gasteiger partial charge >= 0.3 is 0 Å². The summed E-state index contributed by atoms with van der Waals surface area (Å²) in [6.45, 7) is 2.59. The molecule has 0 amide bonds. The lowest BCUT2D eigenvalue weighted by molar-refractivity contribution is 0.0850. The molecule has 1 saturated heterocycles. The van der Waals surface area contributed by atoms with Crippen molar-refractivity contribution in [2.24, 2.45) is 12.8 Å². The molecule has 72 valence electrons. The lowest BCUT2D eigenvalue weighted by Gasteiger charge is -2.39. The average molecular weight is 182 g/mol. The van der Waals surface area contributed by atoms with Crippen LogP contribution >= 0.6 is 0 Å². The summed E-state index contributed by atoms with van der Waals surface area (Å²) in [7, 11) is 1.77. The van der Waals surface area contributed by atoms with E-state index in [1.54, 1.807) is 7.05 Å². The molecule has 1 atom stereocenters. The van der Waals surface area contributed by atoms with E-state index in [1.807, 2.05) is 0 Å².